The number of imidazole rings is 1. The van der Waals surface area contributed by atoms with Crippen LogP contribution in [0.25, 0.3) is 0 Å². The molecule has 0 bridgehead atoms. The Morgan fingerprint density at radius 3 is 3.04 bits per heavy atom. The molecule has 1 aliphatic rings. The van der Waals surface area contributed by atoms with Crippen LogP contribution in [-0.4, -0.2) is 60.2 Å². The number of carbonyl (C=O) groups is 1. The summed E-state index contributed by atoms with van der Waals surface area (Å²) in [5, 5.41) is 8.76. The number of piperidine rings is 1. The number of amides is 1. The molecule has 0 saturated carbocycles. The summed E-state index contributed by atoms with van der Waals surface area (Å²) >= 11 is 1.72. The van der Waals surface area contributed by atoms with Crippen LogP contribution in [0.1, 0.15) is 36.8 Å². The standard InChI is InChI=1S/C16H24N6OS/c1-20-14(11-21-8-6-17-12-21)18-19-16(20)13-4-3-7-22(10-13)15(23)5-9-24-2/h6,8,12-13H,3-5,7,9-11H2,1-2H3. The second-order valence-electron chi connectivity index (χ2n) is 6.19. The van der Waals surface area contributed by atoms with Gasteiger partial charge in [0.15, 0.2) is 5.82 Å². The molecule has 0 N–H and O–H groups in total. The van der Waals surface area contributed by atoms with E-state index in [1.165, 1.54) is 0 Å². The van der Waals surface area contributed by atoms with Crippen LogP contribution in [0.5, 0.6) is 0 Å². The minimum atomic E-state index is 0.259. The molecular formula is C16H24N6OS. The number of hydrogen-bond acceptors (Lipinski definition) is 5. The molecule has 2 aromatic heterocycles. The van der Waals surface area contributed by atoms with Crippen molar-refractivity contribution in [2.24, 2.45) is 7.05 Å². The van der Waals surface area contributed by atoms with Gasteiger partial charge in [-0.1, -0.05) is 0 Å². The Bertz CT molecular complexity index is 668. The van der Waals surface area contributed by atoms with E-state index < -0.39 is 0 Å². The van der Waals surface area contributed by atoms with Crippen LogP contribution in [-0.2, 0) is 18.4 Å². The van der Waals surface area contributed by atoms with E-state index in [9.17, 15) is 4.79 Å². The van der Waals surface area contributed by atoms with Gasteiger partial charge in [-0.25, -0.2) is 4.98 Å². The summed E-state index contributed by atoms with van der Waals surface area (Å²) in [7, 11) is 2.01. The predicted octanol–water partition coefficient (Wildman–Crippen LogP) is 1.52. The van der Waals surface area contributed by atoms with Crippen LogP contribution in [0, 0.1) is 0 Å². The number of likely N-dealkylation sites (tertiary alicyclic amines) is 1. The summed E-state index contributed by atoms with van der Waals surface area (Å²) < 4.78 is 4.05. The molecular weight excluding hydrogens is 324 g/mol. The molecule has 0 aliphatic carbocycles. The third-order valence-electron chi connectivity index (χ3n) is 4.54. The van der Waals surface area contributed by atoms with E-state index in [-0.39, 0.29) is 11.8 Å². The Balaban J connectivity index is 1.67. The normalized spacial score (nSPS) is 18.1. The Hall–Kier alpha value is -1.83. The molecule has 1 fully saturated rings. The number of carbonyl (C=O) groups excluding carboxylic acids is 1. The van der Waals surface area contributed by atoms with Gasteiger partial charge in [-0.2, -0.15) is 11.8 Å². The highest BCUT2D eigenvalue weighted by molar-refractivity contribution is 7.98. The molecule has 130 valence electrons. The first-order valence-corrected chi connectivity index (χ1v) is 9.69. The fraction of sp³-hybridized carbons (Fsp3) is 0.625. The van der Waals surface area contributed by atoms with Gasteiger partial charge in [0.25, 0.3) is 0 Å². The van der Waals surface area contributed by atoms with Crippen LogP contribution in [0.4, 0.5) is 0 Å². The van der Waals surface area contributed by atoms with Crippen molar-refractivity contribution in [2.45, 2.75) is 31.7 Å². The summed E-state index contributed by atoms with van der Waals surface area (Å²) in [6, 6.07) is 0. The first-order valence-electron chi connectivity index (χ1n) is 8.29. The maximum absolute atomic E-state index is 12.3. The van der Waals surface area contributed by atoms with E-state index in [1.54, 1.807) is 24.3 Å². The van der Waals surface area contributed by atoms with Gasteiger partial charge in [-0.05, 0) is 19.1 Å². The number of hydrogen-bond donors (Lipinski definition) is 0. The van der Waals surface area contributed by atoms with Gasteiger partial charge in [-0.15, -0.1) is 10.2 Å². The molecule has 8 heteroatoms. The largest absolute Gasteiger partial charge is 0.342 e. The van der Waals surface area contributed by atoms with Crippen molar-refractivity contribution in [1.29, 1.82) is 0 Å². The first kappa shape index (κ1) is 17.0. The van der Waals surface area contributed by atoms with Crippen molar-refractivity contribution >= 4 is 17.7 Å². The number of rotatable bonds is 6. The molecule has 1 saturated heterocycles. The smallest absolute Gasteiger partial charge is 0.223 e. The molecule has 7 nitrogen and oxygen atoms in total. The lowest BCUT2D eigenvalue weighted by atomic mass is 9.97. The fourth-order valence-electron chi connectivity index (χ4n) is 3.17. The highest BCUT2D eigenvalue weighted by atomic mass is 32.2. The lowest BCUT2D eigenvalue weighted by molar-refractivity contribution is -0.132. The third-order valence-corrected chi connectivity index (χ3v) is 5.15. The van der Waals surface area contributed by atoms with Gasteiger partial charge < -0.3 is 14.0 Å². The van der Waals surface area contributed by atoms with Crippen molar-refractivity contribution in [3.05, 3.63) is 30.4 Å². The number of thioether (sulfide) groups is 1. The zero-order chi connectivity index (χ0) is 16.9. The number of aromatic nitrogens is 5. The maximum atomic E-state index is 12.3. The molecule has 24 heavy (non-hydrogen) atoms. The van der Waals surface area contributed by atoms with Gasteiger partial charge in [0.2, 0.25) is 5.91 Å². The van der Waals surface area contributed by atoms with Gasteiger partial charge >= 0.3 is 0 Å². The zero-order valence-corrected chi connectivity index (χ0v) is 15.1. The van der Waals surface area contributed by atoms with Crippen LogP contribution in [0.15, 0.2) is 18.7 Å². The van der Waals surface area contributed by atoms with Crippen LogP contribution >= 0.6 is 11.8 Å². The van der Waals surface area contributed by atoms with Gasteiger partial charge in [0.1, 0.15) is 5.82 Å². The van der Waals surface area contributed by atoms with E-state index in [0.29, 0.717) is 13.0 Å². The molecule has 0 radical (unpaired) electrons. The maximum Gasteiger partial charge on any atom is 0.223 e. The predicted molar refractivity (Wildman–Crippen MR) is 93.9 cm³/mol. The molecule has 0 aromatic carbocycles. The SMILES string of the molecule is CSCCC(=O)N1CCCC(c2nnc(Cn3ccnc3)n2C)C1. The second-order valence-corrected chi connectivity index (χ2v) is 7.18. The highest BCUT2D eigenvalue weighted by Gasteiger charge is 2.28. The molecule has 2 aromatic rings. The van der Waals surface area contributed by atoms with Crippen molar-refractivity contribution in [3.8, 4) is 0 Å². The molecule has 0 spiro atoms. The van der Waals surface area contributed by atoms with Crippen molar-refractivity contribution in [2.75, 3.05) is 25.1 Å². The molecule has 3 heterocycles. The Morgan fingerprint density at radius 2 is 2.29 bits per heavy atom. The molecule has 1 aliphatic heterocycles. The van der Waals surface area contributed by atoms with Crippen LogP contribution in [0.3, 0.4) is 0 Å². The topological polar surface area (TPSA) is 68.8 Å². The number of nitrogens with zero attached hydrogens (tertiary/aromatic N) is 6. The molecule has 1 atom stereocenters. The lowest BCUT2D eigenvalue weighted by Gasteiger charge is -2.32. The van der Waals surface area contributed by atoms with Crippen molar-refractivity contribution in [3.63, 3.8) is 0 Å². The van der Waals surface area contributed by atoms with E-state index in [1.807, 2.05) is 29.0 Å². The lowest BCUT2D eigenvalue weighted by Crippen LogP contribution is -2.39. The quantitative estimate of drug-likeness (QED) is 0.792. The van der Waals surface area contributed by atoms with E-state index in [0.717, 1.165) is 43.3 Å². The van der Waals surface area contributed by atoms with Crippen molar-refractivity contribution < 1.29 is 4.79 Å². The van der Waals surface area contributed by atoms with Crippen LogP contribution < -0.4 is 0 Å². The van der Waals surface area contributed by atoms with Gasteiger partial charge in [0.05, 0.1) is 12.9 Å². The summed E-state index contributed by atoms with van der Waals surface area (Å²) in [5.74, 6) is 3.31. The molecule has 1 amide bonds. The van der Waals surface area contributed by atoms with Gasteiger partial charge in [0, 0.05) is 50.6 Å². The zero-order valence-electron chi connectivity index (χ0n) is 14.3. The summed E-state index contributed by atoms with van der Waals surface area (Å²) in [4.78, 5) is 18.3. The van der Waals surface area contributed by atoms with Crippen molar-refractivity contribution in [1.82, 2.24) is 29.2 Å². The minimum Gasteiger partial charge on any atom is -0.342 e. The average molecular weight is 348 g/mol. The van der Waals surface area contributed by atoms with E-state index in [2.05, 4.69) is 19.7 Å². The van der Waals surface area contributed by atoms with E-state index >= 15 is 0 Å². The molecule has 1 unspecified atom stereocenters. The minimum absolute atomic E-state index is 0.259. The Morgan fingerprint density at radius 1 is 1.42 bits per heavy atom. The fourth-order valence-corrected chi connectivity index (χ4v) is 3.55. The van der Waals surface area contributed by atoms with Gasteiger partial charge in [-0.3, -0.25) is 4.79 Å². The average Bonchev–Trinajstić information content (AvgIpc) is 3.24. The summed E-state index contributed by atoms with van der Waals surface area (Å²) in [6.45, 7) is 2.28. The third kappa shape index (κ3) is 3.80. The Kier molecular flexibility index (Phi) is 5.55. The second kappa shape index (κ2) is 7.83. The summed E-state index contributed by atoms with van der Waals surface area (Å²) in [5.41, 5.74) is 0. The van der Waals surface area contributed by atoms with E-state index in [4.69, 9.17) is 0 Å². The highest BCUT2D eigenvalue weighted by Crippen LogP contribution is 2.26. The summed E-state index contributed by atoms with van der Waals surface area (Å²) in [6.07, 6.45) is 10.2. The Labute approximate surface area is 146 Å². The first-order chi connectivity index (χ1) is 11.7. The monoisotopic (exact) mass is 348 g/mol. The van der Waals surface area contributed by atoms with Crippen LogP contribution in [0.2, 0.25) is 0 Å². The molecule has 3 rings (SSSR count).